The van der Waals surface area contributed by atoms with Crippen LogP contribution in [0.2, 0.25) is 0 Å². The standard InChI is InChI=1S/C12H21N3/c1-4-5-11-10-8-13-7-6-12(10)15(14-11)9(2)3/h9,13H,4-8H2,1-3H3. The average Bonchev–Trinajstić information content (AvgIpc) is 2.59. The van der Waals surface area contributed by atoms with E-state index in [1.54, 1.807) is 0 Å². The van der Waals surface area contributed by atoms with Crippen molar-refractivity contribution >= 4 is 0 Å². The van der Waals surface area contributed by atoms with Crippen LogP contribution < -0.4 is 5.32 Å². The summed E-state index contributed by atoms with van der Waals surface area (Å²) in [4.78, 5) is 0. The Morgan fingerprint density at radius 3 is 2.93 bits per heavy atom. The maximum absolute atomic E-state index is 4.76. The lowest BCUT2D eigenvalue weighted by molar-refractivity contribution is 0.491. The molecule has 1 aromatic rings. The Kier molecular flexibility index (Phi) is 3.10. The molecule has 2 rings (SSSR count). The Morgan fingerprint density at radius 1 is 1.47 bits per heavy atom. The molecule has 0 atom stereocenters. The minimum Gasteiger partial charge on any atom is -0.312 e. The Hall–Kier alpha value is -0.830. The lowest BCUT2D eigenvalue weighted by atomic mass is 10.0. The maximum Gasteiger partial charge on any atom is 0.0672 e. The van der Waals surface area contributed by atoms with Crippen LogP contribution in [0.25, 0.3) is 0 Å². The number of aromatic nitrogens is 2. The zero-order chi connectivity index (χ0) is 10.8. The number of hydrogen-bond donors (Lipinski definition) is 1. The highest BCUT2D eigenvalue weighted by atomic mass is 15.3. The van der Waals surface area contributed by atoms with Crippen LogP contribution in [0.4, 0.5) is 0 Å². The Labute approximate surface area is 91.9 Å². The maximum atomic E-state index is 4.76. The first-order valence-electron chi connectivity index (χ1n) is 6.03. The van der Waals surface area contributed by atoms with E-state index in [1.165, 1.54) is 23.4 Å². The molecule has 1 aromatic heterocycles. The molecular formula is C12H21N3. The monoisotopic (exact) mass is 207 g/mol. The number of hydrogen-bond acceptors (Lipinski definition) is 2. The van der Waals surface area contributed by atoms with Crippen molar-refractivity contribution in [2.75, 3.05) is 6.54 Å². The van der Waals surface area contributed by atoms with E-state index < -0.39 is 0 Å². The van der Waals surface area contributed by atoms with Crippen LogP contribution in [-0.2, 0) is 19.4 Å². The fourth-order valence-corrected chi connectivity index (χ4v) is 2.31. The summed E-state index contributed by atoms with van der Waals surface area (Å²) in [7, 11) is 0. The first kappa shape index (κ1) is 10.7. The van der Waals surface area contributed by atoms with E-state index in [0.29, 0.717) is 6.04 Å². The fourth-order valence-electron chi connectivity index (χ4n) is 2.31. The number of aryl methyl sites for hydroxylation is 1. The van der Waals surface area contributed by atoms with Crippen molar-refractivity contribution in [3.05, 3.63) is 17.0 Å². The van der Waals surface area contributed by atoms with Crippen molar-refractivity contribution in [2.45, 2.75) is 52.6 Å². The topological polar surface area (TPSA) is 29.9 Å². The molecule has 0 unspecified atom stereocenters. The van der Waals surface area contributed by atoms with E-state index >= 15 is 0 Å². The van der Waals surface area contributed by atoms with Gasteiger partial charge in [0.25, 0.3) is 0 Å². The number of nitrogens with zero attached hydrogens (tertiary/aromatic N) is 2. The molecule has 0 aliphatic carbocycles. The van der Waals surface area contributed by atoms with Crippen LogP contribution in [0.3, 0.4) is 0 Å². The minimum atomic E-state index is 0.488. The first-order chi connectivity index (χ1) is 7.24. The molecule has 0 saturated carbocycles. The quantitative estimate of drug-likeness (QED) is 0.822. The van der Waals surface area contributed by atoms with Crippen molar-refractivity contribution in [2.24, 2.45) is 0 Å². The molecule has 3 heteroatoms. The molecule has 2 heterocycles. The zero-order valence-electron chi connectivity index (χ0n) is 10.0. The van der Waals surface area contributed by atoms with Crippen LogP contribution in [0.1, 0.15) is 50.2 Å². The molecule has 0 fully saturated rings. The molecule has 84 valence electrons. The van der Waals surface area contributed by atoms with Gasteiger partial charge in [-0.2, -0.15) is 5.10 Å². The van der Waals surface area contributed by atoms with Gasteiger partial charge in [-0.25, -0.2) is 0 Å². The smallest absolute Gasteiger partial charge is 0.0672 e. The highest BCUT2D eigenvalue weighted by Gasteiger charge is 2.20. The summed E-state index contributed by atoms with van der Waals surface area (Å²) in [5.41, 5.74) is 4.25. The van der Waals surface area contributed by atoms with Gasteiger partial charge in [0.05, 0.1) is 5.69 Å². The van der Waals surface area contributed by atoms with Crippen LogP contribution in [0, 0.1) is 0 Å². The molecule has 3 nitrogen and oxygen atoms in total. The predicted molar refractivity (Wildman–Crippen MR) is 62.0 cm³/mol. The van der Waals surface area contributed by atoms with Crippen molar-refractivity contribution in [3.8, 4) is 0 Å². The highest BCUT2D eigenvalue weighted by Crippen LogP contribution is 2.22. The van der Waals surface area contributed by atoms with E-state index in [2.05, 4.69) is 30.8 Å². The number of rotatable bonds is 3. The summed E-state index contributed by atoms with van der Waals surface area (Å²) in [5.74, 6) is 0. The van der Waals surface area contributed by atoms with Gasteiger partial charge in [-0.1, -0.05) is 13.3 Å². The van der Waals surface area contributed by atoms with E-state index in [0.717, 1.165) is 25.9 Å². The summed E-state index contributed by atoms with van der Waals surface area (Å²) in [6.07, 6.45) is 3.43. The molecule has 15 heavy (non-hydrogen) atoms. The third-order valence-electron chi connectivity index (χ3n) is 3.02. The molecule has 1 aliphatic heterocycles. The molecule has 0 spiro atoms. The third-order valence-corrected chi connectivity index (χ3v) is 3.02. The fraction of sp³-hybridized carbons (Fsp3) is 0.750. The van der Waals surface area contributed by atoms with Crippen molar-refractivity contribution in [3.63, 3.8) is 0 Å². The van der Waals surface area contributed by atoms with Crippen LogP contribution in [0.15, 0.2) is 0 Å². The van der Waals surface area contributed by atoms with Gasteiger partial charge in [0.2, 0.25) is 0 Å². The van der Waals surface area contributed by atoms with Gasteiger partial charge < -0.3 is 5.32 Å². The van der Waals surface area contributed by atoms with Gasteiger partial charge >= 0.3 is 0 Å². The van der Waals surface area contributed by atoms with Gasteiger partial charge in [0.15, 0.2) is 0 Å². The van der Waals surface area contributed by atoms with Crippen LogP contribution >= 0.6 is 0 Å². The second kappa shape index (κ2) is 4.35. The van der Waals surface area contributed by atoms with E-state index in [1.807, 2.05) is 0 Å². The number of nitrogens with one attached hydrogen (secondary N) is 1. The Bertz CT molecular complexity index is 339. The Balaban J connectivity index is 2.40. The number of fused-ring (bicyclic) bond motifs is 1. The summed E-state index contributed by atoms with van der Waals surface area (Å²) in [6, 6.07) is 0.488. The molecule has 0 aromatic carbocycles. The van der Waals surface area contributed by atoms with Gasteiger partial charge in [-0.05, 0) is 20.3 Å². The Morgan fingerprint density at radius 2 is 2.27 bits per heavy atom. The molecule has 0 saturated heterocycles. The largest absolute Gasteiger partial charge is 0.312 e. The summed E-state index contributed by atoms with van der Waals surface area (Å²) in [6.45, 7) is 8.75. The summed E-state index contributed by atoms with van der Waals surface area (Å²) < 4.78 is 2.22. The van der Waals surface area contributed by atoms with E-state index in [-0.39, 0.29) is 0 Å². The van der Waals surface area contributed by atoms with Gasteiger partial charge in [0.1, 0.15) is 0 Å². The second-order valence-corrected chi connectivity index (χ2v) is 4.59. The molecule has 0 amide bonds. The second-order valence-electron chi connectivity index (χ2n) is 4.59. The van der Waals surface area contributed by atoms with Crippen LogP contribution in [0.5, 0.6) is 0 Å². The predicted octanol–water partition coefficient (Wildman–Crippen LogP) is 2.06. The summed E-state index contributed by atoms with van der Waals surface area (Å²) >= 11 is 0. The molecule has 0 bridgehead atoms. The van der Waals surface area contributed by atoms with Crippen LogP contribution in [-0.4, -0.2) is 16.3 Å². The van der Waals surface area contributed by atoms with Crippen molar-refractivity contribution < 1.29 is 0 Å². The molecule has 1 aliphatic rings. The van der Waals surface area contributed by atoms with Crippen molar-refractivity contribution in [1.82, 2.24) is 15.1 Å². The lowest BCUT2D eigenvalue weighted by Gasteiger charge is -2.17. The van der Waals surface area contributed by atoms with Gasteiger partial charge in [0, 0.05) is 36.8 Å². The lowest BCUT2D eigenvalue weighted by Crippen LogP contribution is -2.25. The molecule has 1 N–H and O–H groups in total. The van der Waals surface area contributed by atoms with E-state index in [4.69, 9.17) is 5.10 Å². The van der Waals surface area contributed by atoms with Gasteiger partial charge in [-0.3, -0.25) is 4.68 Å². The molecular weight excluding hydrogens is 186 g/mol. The van der Waals surface area contributed by atoms with E-state index in [9.17, 15) is 0 Å². The zero-order valence-corrected chi connectivity index (χ0v) is 10.0. The SMILES string of the molecule is CCCc1nn(C(C)C)c2c1CNCC2. The van der Waals surface area contributed by atoms with Gasteiger partial charge in [-0.15, -0.1) is 0 Å². The minimum absolute atomic E-state index is 0.488. The molecule has 0 radical (unpaired) electrons. The highest BCUT2D eigenvalue weighted by molar-refractivity contribution is 5.29. The average molecular weight is 207 g/mol. The summed E-state index contributed by atoms with van der Waals surface area (Å²) in [5, 5.41) is 8.20. The normalized spacial score (nSPS) is 15.7. The third kappa shape index (κ3) is 1.93. The first-order valence-corrected chi connectivity index (χ1v) is 6.03. The van der Waals surface area contributed by atoms with Crippen molar-refractivity contribution in [1.29, 1.82) is 0 Å².